The molecule has 0 radical (unpaired) electrons. The monoisotopic (exact) mass is 399 g/mol. The second-order valence-electron chi connectivity index (χ2n) is 6.34. The molecule has 0 N–H and O–H groups in total. The summed E-state index contributed by atoms with van der Waals surface area (Å²) in [5.41, 5.74) is -0.147. The maximum atomic E-state index is 12.7. The van der Waals surface area contributed by atoms with Crippen LogP contribution in [0, 0.1) is 0 Å². The zero-order chi connectivity index (χ0) is 19.8. The van der Waals surface area contributed by atoms with Gasteiger partial charge >= 0.3 is 6.18 Å². The van der Waals surface area contributed by atoms with Crippen molar-refractivity contribution in [1.82, 2.24) is 14.9 Å². The second kappa shape index (κ2) is 6.91. The Morgan fingerprint density at radius 3 is 2.41 bits per heavy atom. The van der Waals surface area contributed by atoms with E-state index < -0.39 is 33.5 Å². The SMILES string of the molecule is CN(C(=O)c1cncc(-c2ccc(C(F)(F)F)cc2)n1)C1CCS(=O)(=O)C1. The Balaban J connectivity index is 1.82. The minimum absolute atomic E-state index is 0.000745. The summed E-state index contributed by atoms with van der Waals surface area (Å²) in [6, 6.07) is 3.95. The van der Waals surface area contributed by atoms with Crippen LogP contribution < -0.4 is 0 Å². The summed E-state index contributed by atoms with van der Waals surface area (Å²) < 4.78 is 61.2. The molecule has 1 unspecified atom stereocenters. The fourth-order valence-electron chi connectivity index (χ4n) is 2.87. The third-order valence-corrected chi connectivity index (χ3v) is 6.19. The molecule has 27 heavy (non-hydrogen) atoms. The van der Waals surface area contributed by atoms with Gasteiger partial charge in [0.15, 0.2) is 9.84 Å². The molecule has 1 aromatic heterocycles. The highest BCUT2D eigenvalue weighted by Crippen LogP contribution is 2.30. The predicted molar refractivity (Wildman–Crippen MR) is 91.6 cm³/mol. The number of rotatable bonds is 3. The van der Waals surface area contributed by atoms with E-state index in [9.17, 15) is 26.4 Å². The van der Waals surface area contributed by atoms with Gasteiger partial charge in [-0.2, -0.15) is 13.2 Å². The number of aromatic nitrogens is 2. The van der Waals surface area contributed by atoms with Gasteiger partial charge in [0.05, 0.1) is 35.2 Å². The number of alkyl halides is 3. The van der Waals surface area contributed by atoms with E-state index in [0.717, 1.165) is 12.1 Å². The summed E-state index contributed by atoms with van der Waals surface area (Å²) in [6.07, 6.45) is -1.49. The molecule has 1 aliphatic heterocycles. The van der Waals surface area contributed by atoms with Gasteiger partial charge in [0.25, 0.3) is 5.91 Å². The molecule has 1 aromatic carbocycles. The highest BCUT2D eigenvalue weighted by molar-refractivity contribution is 7.91. The van der Waals surface area contributed by atoms with Crippen molar-refractivity contribution in [3.63, 3.8) is 0 Å². The largest absolute Gasteiger partial charge is 0.416 e. The van der Waals surface area contributed by atoms with E-state index in [4.69, 9.17) is 0 Å². The fraction of sp³-hybridized carbons (Fsp3) is 0.353. The number of nitrogens with zero attached hydrogens (tertiary/aromatic N) is 3. The van der Waals surface area contributed by atoms with Crippen LogP contribution >= 0.6 is 0 Å². The highest BCUT2D eigenvalue weighted by Gasteiger charge is 2.33. The van der Waals surface area contributed by atoms with Gasteiger partial charge in [0, 0.05) is 18.7 Å². The van der Waals surface area contributed by atoms with Gasteiger partial charge in [-0.05, 0) is 18.6 Å². The molecule has 2 aromatic rings. The van der Waals surface area contributed by atoms with E-state index >= 15 is 0 Å². The van der Waals surface area contributed by atoms with Crippen LogP contribution in [0.3, 0.4) is 0 Å². The van der Waals surface area contributed by atoms with Crippen molar-refractivity contribution in [1.29, 1.82) is 0 Å². The lowest BCUT2D eigenvalue weighted by atomic mass is 10.1. The molecule has 1 saturated heterocycles. The number of halogens is 3. The van der Waals surface area contributed by atoms with E-state index in [1.807, 2.05) is 0 Å². The molecule has 1 fully saturated rings. The zero-order valence-corrected chi connectivity index (χ0v) is 15.1. The molecule has 1 aliphatic rings. The number of hydrogen-bond donors (Lipinski definition) is 0. The van der Waals surface area contributed by atoms with Gasteiger partial charge in [-0.3, -0.25) is 9.78 Å². The number of sulfone groups is 1. The molecule has 3 rings (SSSR count). The Hall–Kier alpha value is -2.49. The van der Waals surface area contributed by atoms with Crippen molar-refractivity contribution in [3.8, 4) is 11.3 Å². The number of benzene rings is 1. The standard InChI is InChI=1S/C17H16F3N3O3S/c1-23(13-6-7-27(25,26)10-13)16(24)15-9-21-8-14(22-15)11-2-4-12(5-3-11)17(18,19)20/h2-5,8-9,13H,6-7,10H2,1H3. The van der Waals surface area contributed by atoms with Crippen molar-refractivity contribution in [2.24, 2.45) is 0 Å². The molecule has 144 valence electrons. The van der Waals surface area contributed by atoms with Gasteiger partial charge in [0.2, 0.25) is 0 Å². The maximum Gasteiger partial charge on any atom is 0.416 e. The maximum absolute atomic E-state index is 12.7. The molecule has 0 aliphatic carbocycles. The summed E-state index contributed by atoms with van der Waals surface area (Å²) >= 11 is 0. The van der Waals surface area contributed by atoms with E-state index in [0.29, 0.717) is 12.0 Å². The molecule has 10 heteroatoms. The zero-order valence-electron chi connectivity index (χ0n) is 14.3. The first-order valence-electron chi connectivity index (χ1n) is 8.04. The lowest BCUT2D eigenvalue weighted by Gasteiger charge is -2.22. The molecule has 0 saturated carbocycles. The van der Waals surface area contributed by atoms with E-state index in [2.05, 4.69) is 9.97 Å². The second-order valence-corrected chi connectivity index (χ2v) is 8.57. The quantitative estimate of drug-likeness (QED) is 0.792. The third kappa shape index (κ3) is 4.26. The first kappa shape index (κ1) is 19.3. The molecule has 6 nitrogen and oxygen atoms in total. The van der Waals surface area contributed by atoms with Crippen molar-refractivity contribution < 1.29 is 26.4 Å². The minimum atomic E-state index is -4.44. The van der Waals surface area contributed by atoms with Crippen molar-refractivity contribution in [2.45, 2.75) is 18.6 Å². The van der Waals surface area contributed by atoms with Gasteiger partial charge in [-0.15, -0.1) is 0 Å². The normalized spacial score (nSPS) is 19.0. The Labute approximate surface area is 154 Å². The number of carbonyl (C=O) groups excluding carboxylic acids is 1. The summed E-state index contributed by atoms with van der Waals surface area (Å²) in [5, 5.41) is 0. The average molecular weight is 399 g/mol. The van der Waals surface area contributed by atoms with Crippen LogP contribution in [0.15, 0.2) is 36.7 Å². The van der Waals surface area contributed by atoms with E-state index in [-0.39, 0.29) is 22.9 Å². The van der Waals surface area contributed by atoms with Crippen LogP contribution in [-0.4, -0.2) is 53.8 Å². The van der Waals surface area contributed by atoms with Gasteiger partial charge in [0.1, 0.15) is 5.69 Å². The van der Waals surface area contributed by atoms with Gasteiger partial charge in [-0.25, -0.2) is 13.4 Å². The van der Waals surface area contributed by atoms with Crippen LogP contribution in [0.1, 0.15) is 22.5 Å². The summed E-state index contributed by atoms with van der Waals surface area (Å²) in [4.78, 5) is 22.0. The molecular formula is C17H16F3N3O3S. The summed E-state index contributed by atoms with van der Waals surface area (Å²) in [7, 11) is -1.65. The lowest BCUT2D eigenvalue weighted by molar-refractivity contribution is -0.137. The molecule has 2 heterocycles. The Bertz CT molecular complexity index is 959. The highest BCUT2D eigenvalue weighted by atomic mass is 32.2. The lowest BCUT2D eigenvalue weighted by Crippen LogP contribution is -2.38. The van der Waals surface area contributed by atoms with Crippen LogP contribution in [0.4, 0.5) is 13.2 Å². The van der Waals surface area contributed by atoms with E-state index in [1.165, 1.54) is 36.5 Å². The van der Waals surface area contributed by atoms with Crippen LogP contribution in [0.2, 0.25) is 0 Å². The Morgan fingerprint density at radius 1 is 1.19 bits per heavy atom. The number of amides is 1. The average Bonchev–Trinajstić information content (AvgIpc) is 3.00. The first-order chi connectivity index (χ1) is 12.6. The fourth-order valence-corrected chi connectivity index (χ4v) is 4.64. The van der Waals surface area contributed by atoms with Gasteiger partial charge in [-0.1, -0.05) is 12.1 Å². The van der Waals surface area contributed by atoms with Crippen molar-refractivity contribution >= 4 is 15.7 Å². The third-order valence-electron chi connectivity index (χ3n) is 4.44. The topological polar surface area (TPSA) is 80.2 Å². The van der Waals surface area contributed by atoms with Crippen LogP contribution in [0.5, 0.6) is 0 Å². The smallest absolute Gasteiger partial charge is 0.336 e. The molecule has 1 amide bonds. The predicted octanol–water partition coefficient (Wildman–Crippen LogP) is 2.42. The molecule has 1 atom stereocenters. The minimum Gasteiger partial charge on any atom is -0.336 e. The molecule has 0 bridgehead atoms. The summed E-state index contributed by atoms with van der Waals surface area (Å²) in [5.74, 6) is -0.549. The first-order valence-corrected chi connectivity index (χ1v) is 9.86. The Kier molecular flexibility index (Phi) is 4.94. The number of carbonyl (C=O) groups is 1. The summed E-state index contributed by atoms with van der Waals surface area (Å²) in [6.45, 7) is 0. The van der Waals surface area contributed by atoms with Crippen molar-refractivity contribution in [3.05, 3.63) is 47.9 Å². The van der Waals surface area contributed by atoms with Crippen molar-refractivity contribution in [2.75, 3.05) is 18.6 Å². The Morgan fingerprint density at radius 2 is 1.85 bits per heavy atom. The van der Waals surface area contributed by atoms with Gasteiger partial charge < -0.3 is 4.90 Å². The molecule has 0 spiro atoms. The van der Waals surface area contributed by atoms with E-state index in [1.54, 1.807) is 0 Å². The number of hydrogen-bond acceptors (Lipinski definition) is 5. The van der Waals surface area contributed by atoms with Crippen LogP contribution in [-0.2, 0) is 16.0 Å². The molecular weight excluding hydrogens is 383 g/mol. The van der Waals surface area contributed by atoms with Crippen LogP contribution in [0.25, 0.3) is 11.3 Å².